The van der Waals surface area contributed by atoms with Crippen LogP contribution in [0.25, 0.3) is 0 Å². The van der Waals surface area contributed by atoms with E-state index < -0.39 is 17.9 Å². The minimum Gasteiger partial charge on any atom is -0.481 e. The fourth-order valence-corrected chi connectivity index (χ4v) is 2.46. The highest BCUT2D eigenvalue weighted by atomic mass is 16.4. The number of aliphatic carboxylic acids is 2. The van der Waals surface area contributed by atoms with Crippen LogP contribution in [-0.2, 0) is 22.4 Å². The van der Waals surface area contributed by atoms with Gasteiger partial charge in [-0.3, -0.25) is 9.59 Å². The van der Waals surface area contributed by atoms with Gasteiger partial charge in [-0.15, -0.1) is 0 Å². The van der Waals surface area contributed by atoms with Crippen molar-refractivity contribution in [1.82, 2.24) is 0 Å². The van der Waals surface area contributed by atoms with Crippen molar-refractivity contribution in [2.45, 2.75) is 19.3 Å². The summed E-state index contributed by atoms with van der Waals surface area (Å²) in [6, 6.07) is 7.94. The highest BCUT2D eigenvalue weighted by molar-refractivity contribution is 5.92. The minimum atomic E-state index is -1.28. The van der Waals surface area contributed by atoms with E-state index in [-0.39, 0.29) is 12.3 Å². The second-order valence-corrected chi connectivity index (χ2v) is 4.51. The van der Waals surface area contributed by atoms with Crippen LogP contribution in [0.3, 0.4) is 0 Å². The van der Waals surface area contributed by atoms with E-state index in [1.807, 2.05) is 24.3 Å². The quantitative estimate of drug-likeness (QED) is 0.775. The van der Waals surface area contributed by atoms with Crippen molar-refractivity contribution in [3.63, 3.8) is 0 Å². The normalized spacial score (nSPS) is 14.9. The zero-order valence-electron chi connectivity index (χ0n) is 9.30. The summed E-state index contributed by atoms with van der Waals surface area (Å²) in [6.07, 6.45) is 1.78. The van der Waals surface area contributed by atoms with Crippen LogP contribution in [0.2, 0.25) is 0 Å². The highest BCUT2D eigenvalue weighted by Crippen LogP contribution is 2.30. The third kappa shape index (κ3) is 2.46. The summed E-state index contributed by atoms with van der Waals surface area (Å²) in [6.45, 7) is 0. The van der Waals surface area contributed by atoms with E-state index in [1.54, 1.807) is 0 Å². The summed E-state index contributed by atoms with van der Waals surface area (Å²) in [5.74, 6) is -3.64. The first kappa shape index (κ1) is 11.6. The Morgan fingerprint density at radius 3 is 2.00 bits per heavy atom. The molecule has 4 heteroatoms. The molecule has 0 fully saturated rings. The number of carbonyl (C=O) groups is 2. The number of hydrogen-bond donors (Lipinski definition) is 2. The lowest BCUT2D eigenvalue weighted by molar-refractivity contribution is -0.155. The Kier molecular flexibility index (Phi) is 3.13. The predicted octanol–water partition coefficient (Wildman–Crippen LogP) is 1.58. The largest absolute Gasteiger partial charge is 0.481 e. The third-order valence-corrected chi connectivity index (χ3v) is 3.30. The Labute approximate surface area is 98.9 Å². The molecular weight excluding hydrogens is 220 g/mol. The van der Waals surface area contributed by atoms with Crippen LogP contribution in [0.15, 0.2) is 24.3 Å². The van der Waals surface area contributed by atoms with E-state index in [0.29, 0.717) is 0 Å². The van der Waals surface area contributed by atoms with Crippen molar-refractivity contribution >= 4 is 11.9 Å². The van der Waals surface area contributed by atoms with Crippen LogP contribution in [0.4, 0.5) is 0 Å². The molecule has 17 heavy (non-hydrogen) atoms. The molecule has 2 N–H and O–H groups in total. The van der Waals surface area contributed by atoms with Gasteiger partial charge in [-0.2, -0.15) is 0 Å². The number of benzene rings is 1. The Hall–Kier alpha value is -1.84. The average molecular weight is 234 g/mol. The zero-order valence-corrected chi connectivity index (χ0v) is 9.30. The van der Waals surface area contributed by atoms with E-state index in [2.05, 4.69) is 0 Å². The molecule has 0 saturated carbocycles. The van der Waals surface area contributed by atoms with Crippen molar-refractivity contribution in [2.24, 2.45) is 11.8 Å². The van der Waals surface area contributed by atoms with Gasteiger partial charge in [0, 0.05) is 0 Å². The smallest absolute Gasteiger partial charge is 0.317 e. The molecule has 1 aromatic rings. The first-order valence-corrected chi connectivity index (χ1v) is 5.60. The van der Waals surface area contributed by atoms with Gasteiger partial charge in [-0.25, -0.2) is 0 Å². The van der Waals surface area contributed by atoms with E-state index in [4.69, 9.17) is 10.2 Å². The second kappa shape index (κ2) is 4.57. The molecule has 1 aliphatic rings. The van der Waals surface area contributed by atoms with E-state index >= 15 is 0 Å². The van der Waals surface area contributed by atoms with Crippen LogP contribution >= 0.6 is 0 Å². The van der Waals surface area contributed by atoms with Gasteiger partial charge in [-0.05, 0) is 36.3 Å². The Morgan fingerprint density at radius 1 is 1.12 bits per heavy atom. The van der Waals surface area contributed by atoms with Gasteiger partial charge in [0.05, 0.1) is 0 Å². The fraction of sp³-hybridized carbons (Fsp3) is 0.385. The predicted molar refractivity (Wildman–Crippen MR) is 60.7 cm³/mol. The molecule has 1 aromatic carbocycles. The summed E-state index contributed by atoms with van der Waals surface area (Å²) < 4.78 is 0. The summed E-state index contributed by atoms with van der Waals surface area (Å²) in [4.78, 5) is 21.6. The number of hydrogen-bond acceptors (Lipinski definition) is 2. The number of carboxylic acids is 2. The molecule has 0 spiro atoms. The van der Waals surface area contributed by atoms with Gasteiger partial charge in [0.1, 0.15) is 0 Å². The fourth-order valence-electron chi connectivity index (χ4n) is 2.46. The monoisotopic (exact) mass is 234 g/mol. The molecule has 0 radical (unpaired) electrons. The van der Waals surface area contributed by atoms with Crippen molar-refractivity contribution < 1.29 is 19.8 Å². The minimum absolute atomic E-state index is 0.129. The Bertz CT molecular complexity index is 413. The molecule has 0 aromatic heterocycles. The molecular formula is C13H14O4. The van der Waals surface area contributed by atoms with Crippen LogP contribution in [0.1, 0.15) is 17.5 Å². The van der Waals surface area contributed by atoms with Crippen molar-refractivity contribution in [3.8, 4) is 0 Å². The lowest BCUT2D eigenvalue weighted by atomic mass is 9.92. The standard InChI is InChI=1S/C13H14O4/c14-12(15)11(13(16)17)7-8-5-9-3-1-2-4-10(9)6-8/h1-4,8,11H,5-7H2,(H,14,15)(H,16,17). The molecule has 1 aliphatic carbocycles. The average Bonchev–Trinajstić information content (AvgIpc) is 2.67. The molecule has 0 unspecified atom stereocenters. The molecule has 4 nitrogen and oxygen atoms in total. The molecule has 0 bridgehead atoms. The summed E-state index contributed by atoms with van der Waals surface area (Å²) in [7, 11) is 0. The molecule has 0 amide bonds. The van der Waals surface area contributed by atoms with Crippen molar-refractivity contribution in [3.05, 3.63) is 35.4 Å². The van der Waals surface area contributed by atoms with Gasteiger partial charge in [0.25, 0.3) is 0 Å². The van der Waals surface area contributed by atoms with Gasteiger partial charge in [0.15, 0.2) is 5.92 Å². The summed E-state index contributed by atoms with van der Waals surface area (Å²) in [5.41, 5.74) is 2.43. The van der Waals surface area contributed by atoms with Crippen molar-refractivity contribution in [2.75, 3.05) is 0 Å². The Morgan fingerprint density at radius 2 is 1.59 bits per heavy atom. The molecule has 0 saturated heterocycles. The maximum Gasteiger partial charge on any atom is 0.317 e. The van der Waals surface area contributed by atoms with E-state index in [9.17, 15) is 9.59 Å². The molecule has 0 aliphatic heterocycles. The topological polar surface area (TPSA) is 74.6 Å². The Balaban J connectivity index is 2.04. The van der Waals surface area contributed by atoms with E-state index in [0.717, 1.165) is 12.8 Å². The molecule has 0 atom stereocenters. The number of carboxylic acid groups (broad SMARTS) is 2. The SMILES string of the molecule is O=C(O)C(CC1Cc2ccccc2C1)C(=O)O. The van der Waals surface area contributed by atoms with Crippen LogP contribution in [0, 0.1) is 11.8 Å². The van der Waals surface area contributed by atoms with Gasteiger partial charge < -0.3 is 10.2 Å². The maximum atomic E-state index is 10.8. The lowest BCUT2D eigenvalue weighted by Crippen LogP contribution is -2.26. The number of rotatable bonds is 4. The second-order valence-electron chi connectivity index (χ2n) is 4.51. The summed E-state index contributed by atoms with van der Waals surface area (Å²) >= 11 is 0. The third-order valence-electron chi connectivity index (χ3n) is 3.30. The van der Waals surface area contributed by atoms with Crippen molar-refractivity contribution in [1.29, 1.82) is 0 Å². The van der Waals surface area contributed by atoms with Gasteiger partial charge >= 0.3 is 11.9 Å². The lowest BCUT2D eigenvalue weighted by Gasteiger charge is -2.12. The first-order valence-electron chi connectivity index (χ1n) is 5.60. The zero-order chi connectivity index (χ0) is 12.4. The number of fused-ring (bicyclic) bond motifs is 1. The first-order chi connectivity index (χ1) is 8.08. The van der Waals surface area contributed by atoms with Crippen LogP contribution in [0.5, 0.6) is 0 Å². The van der Waals surface area contributed by atoms with Gasteiger partial charge in [-0.1, -0.05) is 24.3 Å². The van der Waals surface area contributed by atoms with Gasteiger partial charge in [0.2, 0.25) is 0 Å². The molecule has 90 valence electrons. The molecule has 2 rings (SSSR count). The van der Waals surface area contributed by atoms with Crippen LogP contribution < -0.4 is 0 Å². The summed E-state index contributed by atoms with van der Waals surface area (Å²) in [5, 5.41) is 17.7. The maximum absolute atomic E-state index is 10.8. The van der Waals surface area contributed by atoms with Crippen LogP contribution in [-0.4, -0.2) is 22.2 Å². The molecule has 0 heterocycles. The highest BCUT2D eigenvalue weighted by Gasteiger charge is 2.31. The van der Waals surface area contributed by atoms with E-state index in [1.165, 1.54) is 11.1 Å².